The second-order valence-electron chi connectivity index (χ2n) is 4.85. The van der Waals surface area contributed by atoms with E-state index in [4.69, 9.17) is 0 Å². The van der Waals surface area contributed by atoms with Crippen molar-refractivity contribution in [1.29, 1.82) is 0 Å². The van der Waals surface area contributed by atoms with E-state index in [1.54, 1.807) is 6.20 Å². The Bertz CT molecular complexity index is 774. The molecule has 0 unspecified atom stereocenters. The molecule has 0 saturated carbocycles. The van der Waals surface area contributed by atoms with Crippen LogP contribution in [0.5, 0.6) is 0 Å². The van der Waals surface area contributed by atoms with Gasteiger partial charge >= 0.3 is 0 Å². The highest BCUT2D eigenvalue weighted by atomic mass is 32.1. The van der Waals surface area contributed by atoms with Gasteiger partial charge in [0.15, 0.2) is 0 Å². The number of fused-ring (bicyclic) bond motifs is 1. The van der Waals surface area contributed by atoms with Gasteiger partial charge in [-0.05, 0) is 29.6 Å². The van der Waals surface area contributed by atoms with Crippen molar-refractivity contribution < 1.29 is 4.79 Å². The van der Waals surface area contributed by atoms with E-state index in [0.29, 0.717) is 10.4 Å². The average Bonchev–Trinajstić information content (AvgIpc) is 2.95. The minimum absolute atomic E-state index is 0.0481. The number of carbonyl (C=O) groups is 1. The second kappa shape index (κ2) is 5.09. The zero-order valence-corrected chi connectivity index (χ0v) is 12.0. The summed E-state index contributed by atoms with van der Waals surface area (Å²) in [5.74, 6) is 0.128. The molecule has 3 rings (SSSR count). The van der Waals surface area contributed by atoms with Crippen LogP contribution in [0.3, 0.4) is 0 Å². The first-order valence-electron chi connectivity index (χ1n) is 6.39. The molecule has 3 aromatic rings. The van der Waals surface area contributed by atoms with Gasteiger partial charge in [0.1, 0.15) is 4.88 Å². The number of carbonyl (C=O) groups excluding carboxylic acids is 1. The summed E-state index contributed by atoms with van der Waals surface area (Å²) >= 11 is 1.15. The highest BCUT2D eigenvalue weighted by Crippen LogP contribution is 2.25. The van der Waals surface area contributed by atoms with Gasteiger partial charge in [-0.2, -0.15) is 0 Å². The van der Waals surface area contributed by atoms with Crippen LogP contribution in [0.4, 0.5) is 0 Å². The highest BCUT2D eigenvalue weighted by Gasteiger charge is 2.21. The number of nitrogens with zero attached hydrogens (tertiary/aromatic N) is 3. The number of pyridine rings is 1. The van der Waals surface area contributed by atoms with Crippen molar-refractivity contribution in [3.8, 4) is 0 Å². The van der Waals surface area contributed by atoms with E-state index in [1.807, 2.05) is 44.2 Å². The highest BCUT2D eigenvalue weighted by molar-refractivity contribution is 7.08. The summed E-state index contributed by atoms with van der Waals surface area (Å²) in [6.07, 6.45) is 1.70. The number of para-hydroxylation sites is 1. The lowest BCUT2D eigenvalue weighted by atomic mass is 10.0. The van der Waals surface area contributed by atoms with Crippen LogP contribution in [0.25, 0.3) is 10.9 Å². The molecule has 0 aliphatic heterocycles. The van der Waals surface area contributed by atoms with Crippen molar-refractivity contribution in [2.75, 3.05) is 0 Å². The molecule has 1 aromatic carbocycles. The summed E-state index contributed by atoms with van der Waals surface area (Å²) in [5.41, 5.74) is 2.09. The smallest absolute Gasteiger partial charge is 0.208 e. The number of benzene rings is 1. The minimum Gasteiger partial charge on any atom is -0.287 e. The normalized spacial score (nSPS) is 11.2. The lowest BCUT2D eigenvalue weighted by Gasteiger charge is -2.05. The monoisotopic (exact) mass is 283 g/mol. The Morgan fingerprint density at radius 2 is 2.00 bits per heavy atom. The lowest BCUT2D eigenvalue weighted by Crippen LogP contribution is -2.05. The third kappa shape index (κ3) is 2.10. The molecule has 100 valence electrons. The fraction of sp³-hybridized carbons (Fsp3) is 0.200. The molecular formula is C15H13N3OS. The van der Waals surface area contributed by atoms with Gasteiger partial charge in [0.05, 0.1) is 11.2 Å². The van der Waals surface area contributed by atoms with Crippen LogP contribution in [0.1, 0.15) is 40.7 Å². The molecule has 0 bridgehead atoms. The van der Waals surface area contributed by atoms with E-state index in [0.717, 1.165) is 28.1 Å². The van der Waals surface area contributed by atoms with Crippen LogP contribution in [0, 0.1) is 0 Å². The van der Waals surface area contributed by atoms with Crippen molar-refractivity contribution in [3.05, 3.63) is 52.7 Å². The summed E-state index contributed by atoms with van der Waals surface area (Å²) in [4.78, 5) is 17.7. The van der Waals surface area contributed by atoms with Crippen LogP contribution < -0.4 is 0 Å². The maximum absolute atomic E-state index is 12.7. The van der Waals surface area contributed by atoms with E-state index in [2.05, 4.69) is 14.6 Å². The van der Waals surface area contributed by atoms with E-state index in [-0.39, 0.29) is 11.7 Å². The molecule has 2 heterocycles. The van der Waals surface area contributed by atoms with Crippen molar-refractivity contribution in [1.82, 2.24) is 14.6 Å². The topological polar surface area (TPSA) is 55.7 Å². The van der Waals surface area contributed by atoms with Gasteiger partial charge in [-0.3, -0.25) is 9.78 Å². The fourth-order valence-corrected chi connectivity index (χ4v) is 2.92. The largest absolute Gasteiger partial charge is 0.287 e. The molecule has 0 amide bonds. The van der Waals surface area contributed by atoms with Gasteiger partial charge in [-0.15, -0.1) is 5.10 Å². The number of rotatable bonds is 3. The van der Waals surface area contributed by atoms with E-state index >= 15 is 0 Å². The van der Waals surface area contributed by atoms with Gasteiger partial charge in [0.2, 0.25) is 5.78 Å². The molecule has 0 aliphatic rings. The van der Waals surface area contributed by atoms with E-state index in [9.17, 15) is 4.79 Å². The van der Waals surface area contributed by atoms with Gasteiger partial charge in [-0.25, -0.2) is 0 Å². The Morgan fingerprint density at radius 1 is 1.20 bits per heavy atom. The van der Waals surface area contributed by atoms with Gasteiger partial charge in [-0.1, -0.05) is 36.5 Å². The van der Waals surface area contributed by atoms with Crippen LogP contribution in [0.15, 0.2) is 36.5 Å². The zero-order valence-electron chi connectivity index (χ0n) is 11.2. The molecule has 4 nitrogen and oxygen atoms in total. The lowest BCUT2D eigenvalue weighted by molar-refractivity contribution is 0.104. The Labute approximate surface area is 120 Å². The van der Waals surface area contributed by atoms with Gasteiger partial charge in [0, 0.05) is 17.1 Å². The third-order valence-electron chi connectivity index (χ3n) is 3.14. The quantitative estimate of drug-likeness (QED) is 0.691. The molecule has 0 atom stereocenters. The van der Waals surface area contributed by atoms with Crippen LogP contribution >= 0.6 is 11.5 Å². The molecule has 0 radical (unpaired) electrons. The Balaban J connectivity index is 2.16. The summed E-state index contributed by atoms with van der Waals surface area (Å²) < 4.78 is 3.92. The first-order valence-corrected chi connectivity index (χ1v) is 7.16. The van der Waals surface area contributed by atoms with E-state index in [1.165, 1.54) is 0 Å². The van der Waals surface area contributed by atoms with Crippen LogP contribution in [-0.2, 0) is 0 Å². The van der Waals surface area contributed by atoms with Crippen molar-refractivity contribution in [2.24, 2.45) is 0 Å². The minimum atomic E-state index is -0.0481. The summed E-state index contributed by atoms with van der Waals surface area (Å²) in [6, 6.07) is 9.45. The van der Waals surface area contributed by atoms with E-state index < -0.39 is 0 Å². The molecule has 0 saturated heterocycles. The summed E-state index contributed by atoms with van der Waals surface area (Å²) in [5, 5.41) is 5.03. The SMILES string of the molecule is CC(C)c1nnsc1C(=O)c1cccc2cccnc12. The zero-order chi connectivity index (χ0) is 14.1. The summed E-state index contributed by atoms with van der Waals surface area (Å²) in [6.45, 7) is 4.02. The first-order chi connectivity index (χ1) is 9.68. The van der Waals surface area contributed by atoms with Gasteiger partial charge < -0.3 is 0 Å². The second-order valence-corrected chi connectivity index (χ2v) is 5.61. The predicted molar refractivity (Wildman–Crippen MR) is 79.2 cm³/mol. The maximum atomic E-state index is 12.7. The van der Waals surface area contributed by atoms with Crippen molar-refractivity contribution in [3.63, 3.8) is 0 Å². The van der Waals surface area contributed by atoms with Crippen molar-refractivity contribution >= 4 is 28.2 Å². The number of hydrogen-bond donors (Lipinski definition) is 0. The Morgan fingerprint density at radius 3 is 2.80 bits per heavy atom. The molecule has 0 spiro atoms. The predicted octanol–water partition coefficient (Wildman–Crippen LogP) is 3.44. The third-order valence-corrected chi connectivity index (χ3v) is 3.88. The van der Waals surface area contributed by atoms with Crippen molar-refractivity contribution in [2.45, 2.75) is 19.8 Å². The molecule has 0 fully saturated rings. The first kappa shape index (κ1) is 12.9. The Hall–Kier alpha value is -2.14. The number of hydrogen-bond acceptors (Lipinski definition) is 5. The Kier molecular flexibility index (Phi) is 3.28. The molecule has 2 aromatic heterocycles. The number of aromatic nitrogens is 3. The number of ketones is 1. The van der Waals surface area contributed by atoms with Crippen LogP contribution in [0.2, 0.25) is 0 Å². The average molecular weight is 283 g/mol. The molecule has 5 heteroatoms. The van der Waals surface area contributed by atoms with Gasteiger partial charge in [0.25, 0.3) is 0 Å². The fourth-order valence-electron chi connectivity index (χ4n) is 2.14. The molecular weight excluding hydrogens is 270 g/mol. The van der Waals surface area contributed by atoms with Crippen LogP contribution in [-0.4, -0.2) is 20.4 Å². The molecule has 20 heavy (non-hydrogen) atoms. The molecule has 0 N–H and O–H groups in total. The summed E-state index contributed by atoms with van der Waals surface area (Å²) in [7, 11) is 0. The molecule has 0 aliphatic carbocycles. The standard InChI is InChI=1S/C15H13N3OS/c1-9(2)12-15(20-18-17-12)14(19)11-7-3-5-10-6-4-8-16-13(10)11/h3-9H,1-2H3. The maximum Gasteiger partial charge on any atom is 0.208 e.